The molecule has 0 fully saturated rings. The van der Waals surface area contributed by atoms with Gasteiger partial charge in [-0.3, -0.25) is 4.79 Å². The van der Waals surface area contributed by atoms with E-state index >= 15 is 0 Å². The van der Waals surface area contributed by atoms with Gasteiger partial charge in [-0.05, 0) is 65.1 Å². The van der Waals surface area contributed by atoms with Crippen LogP contribution >= 0.6 is 33.9 Å². The van der Waals surface area contributed by atoms with Crippen LogP contribution < -0.4 is 10.6 Å². The number of hydrogen-bond acceptors (Lipinski definition) is 7. The van der Waals surface area contributed by atoms with E-state index in [1.807, 2.05) is 29.5 Å². The normalized spacial score (nSPS) is 15.4. The molecule has 1 unspecified atom stereocenters. The van der Waals surface area contributed by atoms with Crippen molar-refractivity contribution in [3.63, 3.8) is 0 Å². The summed E-state index contributed by atoms with van der Waals surface area (Å²) in [6.07, 6.45) is -0.470. The smallest absolute Gasteiger partial charge is 0.254 e. The maximum atomic E-state index is 14.6. The number of aliphatic hydroxyl groups is 2. The van der Waals surface area contributed by atoms with Gasteiger partial charge in [0.2, 0.25) is 0 Å². The minimum absolute atomic E-state index is 0.101. The van der Waals surface area contributed by atoms with E-state index < -0.39 is 24.4 Å². The van der Waals surface area contributed by atoms with Crippen LogP contribution in [0.25, 0.3) is 10.7 Å². The van der Waals surface area contributed by atoms with Crippen LogP contribution in [-0.2, 0) is 13.0 Å². The van der Waals surface area contributed by atoms with Crippen molar-refractivity contribution in [1.29, 1.82) is 0 Å². The van der Waals surface area contributed by atoms with Crippen molar-refractivity contribution < 1.29 is 19.4 Å². The molecular weight excluding hydrogens is 560 g/mol. The van der Waals surface area contributed by atoms with Crippen LogP contribution in [0, 0.1) is 21.7 Å². The summed E-state index contributed by atoms with van der Waals surface area (Å²) in [6.45, 7) is 6.27. The predicted octanol–water partition coefficient (Wildman–Crippen LogP) is 3.47. The van der Waals surface area contributed by atoms with E-state index in [2.05, 4.69) is 39.2 Å². The molecular formula is C22H25FIN5O3S. The van der Waals surface area contributed by atoms with Crippen molar-refractivity contribution in [2.24, 2.45) is 5.41 Å². The number of aromatic nitrogens is 3. The Kier molecular flexibility index (Phi) is 6.76. The van der Waals surface area contributed by atoms with Crippen molar-refractivity contribution >= 4 is 50.5 Å². The van der Waals surface area contributed by atoms with E-state index in [0.29, 0.717) is 29.4 Å². The summed E-state index contributed by atoms with van der Waals surface area (Å²) in [6, 6.07) is 4.84. The number of fused-ring (bicyclic) bond motifs is 3. The molecule has 1 aromatic carbocycles. The fourth-order valence-corrected chi connectivity index (χ4v) is 5.60. The van der Waals surface area contributed by atoms with Gasteiger partial charge in [0, 0.05) is 16.7 Å². The molecule has 1 amide bonds. The molecule has 176 valence electrons. The maximum absolute atomic E-state index is 14.6. The lowest BCUT2D eigenvalue weighted by Crippen LogP contribution is -2.34. The van der Waals surface area contributed by atoms with Gasteiger partial charge in [-0.1, -0.05) is 13.8 Å². The Hall–Kier alpha value is -2.09. The fraction of sp³-hybridized carbons (Fsp3) is 0.409. The topological polar surface area (TPSA) is 112 Å². The van der Waals surface area contributed by atoms with Crippen molar-refractivity contribution in [3.8, 4) is 10.7 Å². The minimum atomic E-state index is -1.07. The van der Waals surface area contributed by atoms with E-state index in [-0.39, 0.29) is 17.6 Å². The van der Waals surface area contributed by atoms with E-state index in [4.69, 9.17) is 5.11 Å². The van der Waals surface area contributed by atoms with Gasteiger partial charge in [0.25, 0.3) is 5.91 Å². The number of aliphatic hydroxyl groups excluding tert-OH is 2. The quantitative estimate of drug-likeness (QED) is 0.330. The molecule has 1 aliphatic rings. The molecule has 0 aliphatic carbocycles. The van der Waals surface area contributed by atoms with E-state index in [1.165, 1.54) is 17.4 Å². The Morgan fingerprint density at radius 3 is 2.85 bits per heavy atom. The van der Waals surface area contributed by atoms with Crippen LogP contribution in [0.4, 0.5) is 15.1 Å². The zero-order valence-electron chi connectivity index (χ0n) is 18.4. The molecule has 2 aromatic heterocycles. The average molecular weight is 585 g/mol. The van der Waals surface area contributed by atoms with Crippen LogP contribution in [0.3, 0.4) is 0 Å². The predicted molar refractivity (Wildman–Crippen MR) is 133 cm³/mol. The van der Waals surface area contributed by atoms with Gasteiger partial charge in [0.05, 0.1) is 28.8 Å². The molecule has 1 atom stereocenters. The van der Waals surface area contributed by atoms with E-state index in [0.717, 1.165) is 19.8 Å². The summed E-state index contributed by atoms with van der Waals surface area (Å²) >= 11 is 3.37. The van der Waals surface area contributed by atoms with Gasteiger partial charge in [0.1, 0.15) is 16.6 Å². The van der Waals surface area contributed by atoms with Gasteiger partial charge >= 0.3 is 0 Å². The molecule has 1 aliphatic heterocycles. The number of nitrogens with zero attached hydrogens (tertiary/aromatic N) is 3. The Labute approximate surface area is 208 Å². The summed E-state index contributed by atoms with van der Waals surface area (Å²) in [5.74, 6) is 0.633. The highest BCUT2D eigenvalue weighted by Crippen LogP contribution is 2.46. The molecule has 0 bridgehead atoms. The molecule has 0 spiro atoms. The Morgan fingerprint density at radius 1 is 1.39 bits per heavy atom. The van der Waals surface area contributed by atoms with E-state index in [1.54, 1.807) is 12.1 Å². The second-order valence-electron chi connectivity index (χ2n) is 8.91. The third kappa shape index (κ3) is 4.91. The standard InChI is InChI=1S/C22H25FIN5O3S/c1-11-27-28-19-18-14(7-22(2,3)10-29(11)19)17(20(32)25-8-13(31)9-30)21(33-18)26-16-5-4-12(24)6-15(16)23/h4-6,13,26,30-31H,7-10H2,1-3H3,(H,25,32). The maximum Gasteiger partial charge on any atom is 0.254 e. The number of rotatable bonds is 6. The highest BCUT2D eigenvalue weighted by molar-refractivity contribution is 14.1. The number of carbonyl (C=O) groups is 1. The van der Waals surface area contributed by atoms with Gasteiger partial charge < -0.3 is 25.4 Å². The van der Waals surface area contributed by atoms with Crippen molar-refractivity contribution in [2.75, 3.05) is 18.5 Å². The molecule has 4 rings (SSSR count). The summed E-state index contributed by atoms with van der Waals surface area (Å²) < 4.78 is 17.4. The number of benzene rings is 1. The molecule has 11 heteroatoms. The number of hydrogen-bond donors (Lipinski definition) is 4. The fourth-order valence-electron chi connectivity index (χ4n) is 3.92. The van der Waals surface area contributed by atoms with Crippen LogP contribution in [-0.4, -0.2) is 50.1 Å². The number of anilines is 2. The van der Waals surface area contributed by atoms with Crippen molar-refractivity contribution in [3.05, 3.63) is 44.5 Å². The SMILES string of the molecule is Cc1nnc2n1CC(C)(C)Cc1c-2sc(Nc2ccc(I)cc2F)c1C(=O)NCC(O)CO. The van der Waals surface area contributed by atoms with Gasteiger partial charge in [0.15, 0.2) is 5.82 Å². The molecule has 4 N–H and O–H groups in total. The van der Waals surface area contributed by atoms with Crippen molar-refractivity contribution in [1.82, 2.24) is 20.1 Å². The van der Waals surface area contributed by atoms with Crippen LogP contribution in [0.5, 0.6) is 0 Å². The summed E-state index contributed by atoms with van der Waals surface area (Å²) in [4.78, 5) is 14.1. The molecule has 3 heterocycles. The number of amides is 1. The van der Waals surface area contributed by atoms with Crippen LogP contribution in [0.15, 0.2) is 18.2 Å². The van der Waals surface area contributed by atoms with E-state index in [9.17, 15) is 14.3 Å². The highest BCUT2D eigenvalue weighted by atomic mass is 127. The first-order valence-corrected chi connectivity index (χ1v) is 12.3. The Bertz CT molecular complexity index is 1210. The van der Waals surface area contributed by atoms with Gasteiger partial charge in [-0.2, -0.15) is 0 Å². The first-order valence-electron chi connectivity index (χ1n) is 10.4. The third-order valence-corrected chi connectivity index (χ3v) is 7.32. The number of nitrogens with one attached hydrogen (secondary N) is 2. The van der Waals surface area contributed by atoms with Gasteiger partial charge in [-0.25, -0.2) is 4.39 Å². The van der Waals surface area contributed by atoms with Crippen LogP contribution in [0.2, 0.25) is 0 Å². The summed E-state index contributed by atoms with van der Waals surface area (Å²) in [5, 5.41) is 33.7. The second kappa shape index (κ2) is 9.28. The monoisotopic (exact) mass is 585 g/mol. The van der Waals surface area contributed by atoms with Crippen LogP contribution in [0.1, 0.15) is 35.6 Å². The minimum Gasteiger partial charge on any atom is -0.394 e. The average Bonchev–Trinajstić information content (AvgIpc) is 3.24. The lowest BCUT2D eigenvalue weighted by atomic mass is 9.85. The first kappa shape index (κ1) is 24.0. The van der Waals surface area contributed by atoms with Gasteiger partial charge in [-0.15, -0.1) is 21.5 Å². The third-order valence-electron chi connectivity index (χ3n) is 5.50. The Balaban J connectivity index is 1.85. The Morgan fingerprint density at radius 2 is 2.15 bits per heavy atom. The molecule has 0 saturated carbocycles. The molecule has 0 saturated heterocycles. The number of carbonyl (C=O) groups excluding carboxylic acids is 1. The molecule has 8 nitrogen and oxygen atoms in total. The first-order chi connectivity index (χ1) is 15.6. The second-order valence-corrected chi connectivity index (χ2v) is 11.2. The molecule has 3 aromatic rings. The largest absolute Gasteiger partial charge is 0.394 e. The number of aryl methyl sites for hydroxylation is 1. The molecule has 0 radical (unpaired) electrons. The molecule has 33 heavy (non-hydrogen) atoms. The summed E-state index contributed by atoms with van der Waals surface area (Å²) in [7, 11) is 0. The number of thiophene rings is 1. The number of halogens is 2. The summed E-state index contributed by atoms with van der Waals surface area (Å²) in [5.41, 5.74) is 1.26. The highest BCUT2D eigenvalue weighted by Gasteiger charge is 2.35. The lowest BCUT2D eigenvalue weighted by molar-refractivity contribution is 0.0802. The zero-order valence-corrected chi connectivity index (χ0v) is 21.4. The van der Waals surface area contributed by atoms with Crippen molar-refractivity contribution in [2.45, 2.75) is 39.8 Å². The zero-order chi connectivity index (χ0) is 23.9. The lowest BCUT2D eigenvalue weighted by Gasteiger charge is -2.24.